The SMILES string of the molecule is CCN=C(Nc1cc(Br)cc(C(F)(F)F)c1)N(Cc1ccc(C(=O)NCCC(=O)O)cc1)c1ccc(C2=CCCCC2)cc1. The van der Waals surface area contributed by atoms with Crippen molar-refractivity contribution in [1.29, 1.82) is 0 Å². The van der Waals surface area contributed by atoms with Gasteiger partial charge >= 0.3 is 12.1 Å². The molecule has 0 bridgehead atoms. The van der Waals surface area contributed by atoms with E-state index in [1.165, 1.54) is 12.0 Å². The van der Waals surface area contributed by atoms with Gasteiger partial charge in [0.05, 0.1) is 18.5 Å². The predicted octanol–water partition coefficient (Wildman–Crippen LogP) is 8.12. The Hall–Kier alpha value is -4.12. The Bertz CT molecular complexity index is 1520. The van der Waals surface area contributed by atoms with Gasteiger partial charge in [0.2, 0.25) is 5.96 Å². The maximum atomic E-state index is 13.6. The zero-order valence-electron chi connectivity index (χ0n) is 24.3. The quantitative estimate of drug-likeness (QED) is 0.150. The fraction of sp³-hybridized carbons (Fsp3) is 0.303. The molecule has 0 heterocycles. The Morgan fingerprint density at radius 2 is 1.75 bits per heavy atom. The van der Waals surface area contributed by atoms with Crippen molar-refractivity contribution in [3.63, 3.8) is 0 Å². The number of rotatable bonds is 10. The highest BCUT2D eigenvalue weighted by Gasteiger charge is 2.31. The monoisotopic (exact) mass is 670 g/mol. The number of guanidine groups is 1. The number of allylic oxidation sites excluding steroid dienone is 2. The van der Waals surface area contributed by atoms with Gasteiger partial charge in [-0.3, -0.25) is 14.6 Å². The maximum Gasteiger partial charge on any atom is 0.416 e. The maximum absolute atomic E-state index is 13.6. The first-order valence-corrected chi connectivity index (χ1v) is 15.2. The summed E-state index contributed by atoms with van der Waals surface area (Å²) in [7, 11) is 0. The predicted molar refractivity (Wildman–Crippen MR) is 171 cm³/mol. The summed E-state index contributed by atoms with van der Waals surface area (Å²) in [6.07, 6.45) is 1.99. The zero-order valence-corrected chi connectivity index (χ0v) is 25.8. The number of aliphatic carboxylic acids is 1. The fourth-order valence-electron chi connectivity index (χ4n) is 4.87. The number of carbonyl (C=O) groups excluding carboxylic acids is 1. The summed E-state index contributed by atoms with van der Waals surface area (Å²) < 4.78 is 41.0. The third-order valence-corrected chi connectivity index (χ3v) is 7.52. The summed E-state index contributed by atoms with van der Waals surface area (Å²) in [6.45, 7) is 2.54. The number of alkyl halides is 3. The average Bonchev–Trinajstić information content (AvgIpc) is 2.99. The lowest BCUT2D eigenvalue weighted by Crippen LogP contribution is -2.36. The molecule has 0 unspecified atom stereocenters. The minimum atomic E-state index is -4.52. The Labute approximate surface area is 263 Å². The van der Waals surface area contributed by atoms with Gasteiger partial charge in [-0.05, 0) is 91.8 Å². The van der Waals surface area contributed by atoms with Crippen LogP contribution in [-0.4, -0.2) is 36.0 Å². The molecular weight excluding hydrogens is 637 g/mol. The van der Waals surface area contributed by atoms with Crippen molar-refractivity contribution >= 4 is 50.7 Å². The van der Waals surface area contributed by atoms with Gasteiger partial charge < -0.3 is 20.6 Å². The van der Waals surface area contributed by atoms with Crippen molar-refractivity contribution in [3.05, 3.63) is 99.5 Å². The first kappa shape index (κ1) is 32.8. The van der Waals surface area contributed by atoms with Crippen LogP contribution < -0.4 is 15.5 Å². The Balaban J connectivity index is 1.65. The molecular formula is C33H34BrF3N4O3. The van der Waals surface area contributed by atoms with Crippen molar-refractivity contribution in [2.75, 3.05) is 23.3 Å². The van der Waals surface area contributed by atoms with Gasteiger partial charge in [-0.25, -0.2) is 0 Å². The molecule has 1 aliphatic rings. The number of benzene rings is 3. The van der Waals surface area contributed by atoms with Crippen LogP contribution in [0.15, 0.2) is 82.3 Å². The summed E-state index contributed by atoms with van der Waals surface area (Å²) in [6, 6.07) is 18.6. The number of carboxylic acid groups (broad SMARTS) is 1. The third-order valence-electron chi connectivity index (χ3n) is 7.07. The Morgan fingerprint density at radius 3 is 2.36 bits per heavy atom. The standard InChI is InChI=1S/C33H34BrF3N4O3/c1-2-38-32(40-28-19-26(33(35,36)37)18-27(34)20-28)41(29-14-12-24(13-15-29)23-6-4-3-5-7-23)21-22-8-10-25(11-9-22)31(44)39-17-16-30(42)43/h6,8-15,18-20H,2-5,7,16-17,21H2,1H3,(H,38,40)(H,39,44)(H,42,43). The first-order chi connectivity index (χ1) is 21.0. The molecule has 4 rings (SSSR count). The number of anilines is 2. The molecule has 0 spiro atoms. The molecule has 3 aromatic rings. The number of hydrogen-bond acceptors (Lipinski definition) is 3. The van der Waals surface area contributed by atoms with E-state index >= 15 is 0 Å². The minimum absolute atomic E-state index is 0.0186. The summed E-state index contributed by atoms with van der Waals surface area (Å²) in [4.78, 5) is 29.7. The van der Waals surface area contributed by atoms with Gasteiger partial charge in [-0.1, -0.05) is 46.3 Å². The zero-order chi connectivity index (χ0) is 31.7. The number of nitrogens with zero attached hydrogens (tertiary/aromatic N) is 2. The summed E-state index contributed by atoms with van der Waals surface area (Å²) in [5.41, 5.74) is 3.86. The lowest BCUT2D eigenvalue weighted by molar-refractivity contribution is -0.138. The van der Waals surface area contributed by atoms with Crippen LogP contribution in [0.5, 0.6) is 0 Å². The number of hydrogen-bond donors (Lipinski definition) is 3. The molecule has 0 radical (unpaired) electrons. The van der Waals surface area contributed by atoms with Crippen molar-refractivity contribution < 1.29 is 27.9 Å². The summed E-state index contributed by atoms with van der Waals surface area (Å²) in [5, 5.41) is 14.5. The van der Waals surface area contributed by atoms with Crippen molar-refractivity contribution in [1.82, 2.24) is 5.32 Å². The van der Waals surface area contributed by atoms with Crippen molar-refractivity contribution in [2.45, 2.75) is 51.7 Å². The van der Waals surface area contributed by atoms with E-state index in [1.54, 1.807) is 30.3 Å². The first-order valence-electron chi connectivity index (χ1n) is 14.4. The number of aliphatic imine (C=N–C) groups is 1. The van der Waals surface area contributed by atoms with Crippen molar-refractivity contribution in [2.24, 2.45) is 4.99 Å². The van der Waals surface area contributed by atoms with E-state index in [-0.39, 0.29) is 29.0 Å². The fourth-order valence-corrected chi connectivity index (χ4v) is 5.36. The average molecular weight is 672 g/mol. The second kappa shape index (κ2) is 15.1. The van der Waals surface area contributed by atoms with Crippen LogP contribution in [-0.2, 0) is 17.5 Å². The van der Waals surface area contributed by atoms with E-state index < -0.39 is 17.7 Å². The van der Waals surface area contributed by atoms with Crippen LogP contribution in [0.25, 0.3) is 5.57 Å². The Morgan fingerprint density at radius 1 is 1.02 bits per heavy atom. The minimum Gasteiger partial charge on any atom is -0.481 e. The second-order valence-electron chi connectivity index (χ2n) is 10.4. The molecule has 0 fully saturated rings. The number of amides is 1. The highest BCUT2D eigenvalue weighted by Crippen LogP contribution is 2.34. The highest BCUT2D eigenvalue weighted by molar-refractivity contribution is 9.10. The number of carboxylic acids is 1. The van der Waals surface area contributed by atoms with Crippen LogP contribution >= 0.6 is 15.9 Å². The van der Waals surface area contributed by atoms with E-state index in [4.69, 9.17) is 5.11 Å². The topological polar surface area (TPSA) is 94.0 Å². The number of nitrogens with one attached hydrogen (secondary N) is 2. The van der Waals surface area contributed by atoms with Crippen LogP contribution in [0.2, 0.25) is 0 Å². The molecule has 1 amide bonds. The summed E-state index contributed by atoms with van der Waals surface area (Å²) in [5.74, 6) is -1.02. The highest BCUT2D eigenvalue weighted by atomic mass is 79.9. The van der Waals surface area contributed by atoms with Crippen LogP contribution in [0.1, 0.15) is 66.1 Å². The second-order valence-corrected chi connectivity index (χ2v) is 11.3. The molecule has 0 saturated heterocycles. The van der Waals surface area contributed by atoms with E-state index in [1.807, 2.05) is 24.0 Å². The number of halogens is 4. The van der Waals surface area contributed by atoms with Crippen LogP contribution in [0.3, 0.4) is 0 Å². The molecule has 11 heteroatoms. The van der Waals surface area contributed by atoms with Crippen LogP contribution in [0, 0.1) is 0 Å². The molecule has 0 aliphatic heterocycles. The molecule has 0 saturated carbocycles. The normalized spacial score (nSPS) is 13.7. The smallest absolute Gasteiger partial charge is 0.416 e. The van der Waals surface area contributed by atoms with E-state index in [2.05, 4.69) is 49.8 Å². The van der Waals surface area contributed by atoms with Gasteiger partial charge in [0.15, 0.2) is 0 Å². The van der Waals surface area contributed by atoms with E-state index in [0.29, 0.717) is 24.6 Å². The van der Waals surface area contributed by atoms with E-state index in [9.17, 15) is 22.8 Å². The van der Waals surface area contributed by atoms with Gasteiger partial charge in [-0.2, -0.15) is 13.2 Å². The molecule has 3 N–H and O–H groups in total. The van der Waals surface area contributed by atoms with Gasteiger partial charge in [0.25, 0.3) is 5.91 Å². The largest absolute Gasteiger partial charge is 0.481 e. The van der Waals surface area contributed by atoms with Crippen LogP contribution in [0.4, 0.5) is 24.5 Å². The third kappa shape index (κ3) is 9.19. The lowest BCUT2D eigenvalue weighted by atomic mass is 9.93. The molecule has 232 valence electrons. The molecule has 1 aliphatic carbocycles. The molecule has 0 atom stereocenters. The molecule has 3 aromatic carbocycles. The molecule has 7 nitrogen and oxygen atoms in total. The summed E-state index contributed by atoms with van der Waals surface area (Å²) >= 11 is 3.20. The number of carbonyl (C=O) groups is 2. The van der Waals surface area contributed by atoms with Gasteiger partial charge in [0.1, 0.15) is 0 Å². The molecule has 0 aromatic heterocycles. The Kier molecular flexibility index (Phi) is 11.2. The van der Waals surface area contributed by atoms with Gasteiger partial charge in [-0.15, -0.1) is 0 Å². The van der Waals surface area contributed by atoms with E-state index in [0.717, 1.165) is 48.2 Å². The van der Waals surface area contributed by atoms with Crippen molar-refractivity contribution in [3.8, 4) is 0 Å². The molecule has 44 heavy (non-hydrogen) atoms. The van der Waals surface area contributed by atoms with Gasteiger partial charge in [0, 0.05) is 34.5 Å². The lowest BCUT2D eigenvalue weighted by Gasteiger charge is -2.28.